The molecule has 0 aliphatic carbocycles. The highest BCUT2D eigenvalue weighted by Crippen LogP contribution is 2.37. The van der Waals surface area contributed by atoms with Gasteiger partial charge in [0, 0.05) is 17.5 Å². The Hall–Kier alpha value is -2.86. The van der Waals surface area contributed by atoms with Gasteiger partial charge in [-0.15, -0.1) is 11.3 Å². The third-order valence-electron chi connectivity index (χ3n) is 4.78. The van der Waals surface area contributed by atoms with E-state index >= 15 is 0 Å². The number of aromatic nitrogens is 1. The van der Waals surface area contributed by atoms with E-state index in [4.69, 9.17) is 9.47 Å². The molecule has 144 valence electrons. The predicted molar refractivity (Wildman–Crippen MR) is 111 cm³/mol. The maximum Gasteiger partial charge on any atom is 0.258 e. The number of anilines is 1. The third kappa shape index (κ3) is 3.73. The molecule has 2 heterocycles. The first-order chi connectivity index (χ1) is 13.7. The molecule has 1 aromatic heterocycles. The second kappa shape index (κ2) is 8.02. The Morgan fingerprint density at radius 1 is 1.25 bits per heavy atom. The van der Waals surface area contributed by atoms with E-state index in [1.54, 1.807) is 24.5 Å². The molecule has 0 fully saturated rings. The fourth-order valence-electron chi connectivity index (χ4n) is 3.49. The molecule has 0 atom stereocenters. The zero-order chi connectivity index (χ0) is 19.5. The average molecular weight is 394 g/mol. The maximum absolute atomic E-state index is 13.3. The summed E-state index contributed by atoms with van der Waals surface area (Å²) in [5, 5.41) is 3.00. The highest BCUT2D eigenvalue weighted by Gasteiger charge is 2.26. The number of thiazole rings is 1. The van der Waals surface area contributed by atoms with Gasteiger partial charge in [0.15, 0.2) is 0 Å². The summed E-state index contributed by atoms with van der Waals surface area (Å²) in [6, 6.07) is 13.3. The molecule has 0 saturated heterocycles. The van der Waals surface area contributed by atoms with Gasteiger partial charge in [0.25, 0.3) is 5.91 Å². The molecule has 0 N–H and O–H groups in total. The second-order valence-corrected chi connectivity index (χ2v) is 7.76. The van der Waals surface area contributed by atoms with E-state index in [-0.39, 0.29) is 5.91 Å². The van der Waals surface area contributed by atoms with E-state index in [0.29, 0.717) is 24.5 Å². The molecule has 0 bridgehead atoms. The Bertz CT molecular complexity index is 985. The topological polar surface area (TPSA) is 51.7 Å². The summed E-state index contributed by atoms with van der Waals surface area (Å²) in [5.74, 6) is 1.35. The summed E-state index contributed by atoms with van der Waals surface area (Å²) in [4.78, 5) is 19.5. The first kappa shape index (κ1) is 18.5. The summed E-state index contributed by atoms with van der Waals surface area (Å²) in [7, 11) is 1.64. The molecule has 3 aromatic rings. The van der Waals surface area contributed by atoms with Gasteiger partial charge in [-0.05, 0) is 49.6 Å². The number of methoxy groups -OCH3 is 1. The monoisotopic (exact) mass is 394 g/mol. The molecule has 2 aromatic carbocycles. The van der Waals surface area contributed by atoms with Gasteiger partial charge >= 0.3 is 0 Å². The van der Waals surface area contributed by atoms with E-state index in [0.717, 1.165) is 40.5 Å². The van der Waals surface area contributed by atoms with Gasteiger partial charge in [-0.2, -0.15) is 0 Å². The molecule has 28 heavy (non-hydrogen) atoms. The minimum atomic E-state index is -0.0413. The Kier molecular flexibility index (Phi) is 5.30. The van der Waals surface area contributed by atoms with Crippen LogP contribution in [0.15, 0.2) is 47.8 Å². The zero-order valence-electron chi connectivity index (χ0n) is 16.0. The molecule has 0 spiro atoms. The smallest absolute Gasteiger partial charge is 0.258 e. The normalized spacial score (nSPS) is 13.1. The van der Waals surface area contributed by atoms with Gasteiger partial charge < -0.3 is 14.4 Å². The second-order valence-electron chi connectivity index (χ2n) is 6.70. The van der Waals surface area contributed by atoms with E-state index in [1.165, 1.54) is 0 Å². The number of carbonyl (C=O) groups is 1. The summed E-state index contributed by atoms with van der Waals surface area (Å²) in [6.45, 7) is 3.04. The number of carbonyl (C=O) groups excluding carboxylic acids is 1. The van der Waals surface area contributed by atoms with Crippen molar-refractivity contribution < 1.29 is 14.3 Å². The number of hydrogen-bond donors (Lipinski definition) is 0. The van der Waals surface area contributed by atoms with Crippen LogP contribution in [0.25, 0.3) is 0 Å². The van der Waals surface area contributed by atoms with Gasteiger partial charge in [0.2, 0.25) is 0 Å². The molecular weight excluding hydrogens is 372 g/mol. The minimum Gasteiger partial charge on any atom is -0.495 e. The Morgan fingerprint density at radius 2 is 2.11 bits per heavy atom. The molecule has 0 unspecified atom stereocenters. The number of fused-ring (bicyclic) bond motifs is 1. The van der Waals surface area contributed by atoms with Crippen molar-refractivity contribution in [3.05, 3.63) is 69.7 Å². The van der Waals surface area contributed by atoms with Gasteiger partial charge in [0.05, 0.1) is 23.5 Å². The summed E-state index contributed by atoms with van der Waals surface area (Å²) in [5.41, 5.74) is 3.52. The SMILES string of the molecule is COc1cccc2c1N(C(=O)c1cccc(OCc3csc(C)n3)c1)CCC2. The van der Waals surface area contributed by atoms with Crippen molar-refractivity contribution in [2.24, 2.45) is 0 Å². The largest absolute Gasteiger partial charge is 0.495 e. The number of aryl methyl sites for hydroxylation is 2. The lowest BCUT2D eigenvalue weighted by Gasteiger charge is -2.31. The van der Waals surface area contributed by atoms with Crippen LogP contribution in [0.4, 0.5) is 5.69 Å². The van der Waals surface area contributed by atoms with Crippen LogP contribution >= 0.6 is 11.3 Å². The standard InChI is InChI=1S/C22H22N2O3S/c1-15-23-18(14-28-15)13-27-19-9-3-7-17(12-19)22(25)24-11-5-8-16-6-4-10-20(26-2)21(16)24/h3-4,6-7,9-10,12,14H,5,8,11,13H2,1-2H3. The average Bonchev–Trinajstić information content (AvgIpc) is 3.16. The third-order valence-corrected chi connectivity index (χ3v) is 5.60. The number of hydrogen-bond acceptors (Lipinski definition) is 5. The first-order valence-electron chi connectivity index (χ1n) is 9.27. The number of benzene rings is 2. The number of nitrogens with zero attached hydrogens (tertiary/aromatic N) is 2. The first-order valence-corrected chi connectivity index (χ1v) is 10.2. The summed E-state index contributed by atoms with van der Waals surface area (Å²) < 4.78 is 11.4. The maximum atomic E-state index is 13.3. The van der Waals surface area contributed by atoms with Crippen LogP contribution < -0.4 is 14.4 Å². The van der Waals surface area contributed by atoms with Crippen molar-refractivity contribution in [1.82, 2.24) is 4.98 Å². The minimum absolute atomic E-state index is 0.0413. The van der Waals surface area contributed by atoms with Crippen LogP contribution in [0.1, 0.15) is 33.0 Å². The van der Waals surface area contributed by atoms with Crippen molar-refractivity contribution in [3.8, 4) is 11.5 Å². The fraction of sp³-hybridized carbons (Fsp3) is 0.273. The Morgan fingerprint density at radius 3 is 2.89 bits per heavy atom. The molecule has 5 nitrogen and oxygen atoms in total. The van der Waals surface area contributed by atoms with E-state index in [1.807, 2.05) is 47.5 Å². The fourth-order valence-corrected chi connectivity index (χ4v) is 4.09. The van der Waals surface area contributed by atoms with E-state index in [9.17, 15) is 4.79 Å². The van der Waals surface area contributed by atoms with Crippen molar-refractivity contribution in [1.29, 1.82) is 0 Å². The number of ether oxygens (including phenoxy) is 2. The predicted octanol–water partition coefficient (Wildman–Crippen LogP) is 4.63. The van der Waals surface area contributed by atoms with Crippen LogP contribution in [0.5, 0.6) is 11.5 Å². The van der Waals surface area contributed by atoms with Crippen LogP contribution in [-0.2, 0) is 13.0 Å². The highest BCUT2D eigenvalue weighted by atomic mass is 32.1. The Labute approximate surface area is 168 Å². The Balaban J connectivity index is 1.56. The summed E-state index contributed by atoms with van der Waals surface area (Å²) in [6.07, 6.45) is 1.89. The van der Waals surface area contributed by atoms with Crippen molar-refractivity contribution in [3.63, 3.8) is 0 Å². The molecule has 0 saturated carbocycles. The van der Waals surface area contributed by atoms with Crippen molar-refractivity contribution in [2.75, 3.05) is 18.6 Å². The van der Waals surface area contributed by atoms with Crippen molar-refractivity contribution in [2.45, 2.75) is 26.4 Å². The molecule has 1 amide bonds. The molecule has 0 radical (unpaired) electrons. The van der Waals surface area contributed by atoms with Gasteiger partial charge in [-0.3, -0.25) is 4.79 Å². The van der Waals surface area contributed by atoms with Crippen LogP contribution in [-0.4, -0.2) is 24.5 Å². The molecule has 6 heteroatoms. The van der Waals surface area contributed by atoms with Crippen LogP contribution in [0.3, 0.4) is 0 Å². The van der Waals surface area contributed by atoms with Gasteiger partial charge in [0.1, 0.15) is 18.1 Å². The molecule has 4 rings (SSSR count). The number of para-hydroxylation sites is 1. The quantitative estimate of drug-likeness (QED) is 0.633. The van der Waals surface area contributed by atoms with Crippen LogP contribution in [0.2, 0.25) is 0 Å². The van der Waals surface area contributed by atoms with Crippen molar-refractivity contribution >= 4 is 22.9 Å². The lowest BCUT2D eigenvalue weighted by atomic mass is 10.00. The molecule has 1 aliphatic heterocycles. The number of rotatable bonds is 5. The van der Waals surface area contributed by atoms with E-state index in [2.05, 4.69) is 11.1 Å². The van der Waals surface area contributed by atoms with E-state index < -0.39 is 0 Å². The summed E-state index contributed by atoms with van der Waals surface area (Å²) >= 11 is 1.60. The lowest BCUT2D eigenvalue weighted by Crippen LogP contribution is -2.35. The molecule has 1 aliphatic rings. The lowest BCUT2D eigenvalue weighted by molar-refractivity contribution is 0.0984. The van der Waals surface area contributed by atoms with Gasteiger partial charge in [-0.25, -0.2) is 4.98 Å². The van der Waals surface area contributed by atoms with Crippen LogP contribution in [0, 0.1) is 6.92 Å². The zero-order valence-corrected chi connectivity index (χ0v) is 16.8. The highest BCUT2D eigenvalue weighted by molar-refractivity contribution is 7.09. The molecular formula is C22H22N2O3S. The number of amides is 1. The van der Waals surface area contributed by atoms with Gasteiger partial charge in [-0.1, -0.05) is 18.2 Å².